The molecule has 0 aromatic rings. The lowest BCUT2D eigenvalue weighted by molar-refractivity contribution is -0.161. The van der Waals surface area contributed by atoms with E-state index in [0.717, 1.165) is 141 Å². The van der Waals surface area contributed by atoms with Crippen molar-refractivity contribution in [2.75, 3.05) is 26.4 Å². The first kappa shape index (κ1) is 70.9. The van der Waals surface area contributed by atoms with E-state index >= 15 is 0 Å². The second-order valence-corrected chi connectivity index (χ2v) is 21.2. The monoisotopic (exact) mass is 1060 g/mol. The molecule has 3 atom stereocenters. The Morgan fingerprint density at radius 2 is 0.703 bits per heavy atom. The molecule has 12 heteroatoms. The average molecular weight is 1060 g/mol. The molecule has 0 saturated heterocycles. The molecular weight excluding hydrogens is 952 g/mol. The van der Waals surface area contributed by atoms with Crippen molar-refractivity contribution >= 4 is 25.7 Å². The minimum atomic E-state index is -4.76. The van der Waals surface area contributed by atoms with Crippen molar-refractivity contribution in [3.05, 3.63) is 72.9 Å². The fourth-order valence-electron chi connectivity index (χ4n) is 8.04. The maximum atomic E-state index is 12.9. The molecule has 3 unspecified atom stereocenters. The van der Waals surface area contributed by atoms with Crippen LogP contribution in [-0.2, 0) is 42.2 Å². The van der Waals surface area contributed by atoms with Gasteiger partial charge in [0.05, 0.1) is 19.8 Å². The topological polar surface area (TPSA) is 155 Å². The molecule has 0 rings (SSSR count). The highest BCUT2D eigenvalue weighted by Gasteiger charge is 2.28. The van der Waals surface area contributed by atoms with Crippen molar-refractivity contribution < 1.29 is 52.2 Å². The Kier molecular flexibility index (Phi) is 53.8. The highest BCUT2D eigenvalue weighted by atomic mass is 31.2. The summed E-state index contributed by atoms with van der Waals surface area (Å²) in [5.74, 6) is -1.49. The molecule has 0 aromatic heterocycles. The molecule has 0 amide bonds. The van der Waals surface area contributed by atoms with E-state index in [4.69, 9.17) is 23.3 Å². The molecule has 11 nitrogen and oxygen atoms in total. The minimum absolute atomic E-state index is 0.152. The Morgan fingerprint density at radius 1 is 0.392 bits per heavy atom. The fourth-order valence-corrected chi connectivity index (χ4v) is 8.83. The lowest BCUT2D eigenvalue weighted by atomic mass is 10.1. The summed E-state index contributed by atoms with van der Waals surface area (Å²) in [6.07, 6.45) is 62.8. The maximum absolute atomic E-state index is 12.9. The van der Waals surface area contributed by atoms with Crippen LogP contribution in [0.25, 0.3) is 0 Å². The number of aliphatic hydroxyl groups excluding tert-OH is 1. The third kappa shape index (κ3) is 53.7. The predicted molar refractivity (Wildman–Crippen MR) is 307 cm³/mol. The number of hydrogen-bond donors (Lipinski definition) is 2. The highest BCUT2D eigenvalue weighted by Crippen LogP contribution is 2.43. The first-order chi connectivity index (χ1) is 36.2. The third-order valence-electron chi connectivity index (χ3n) is 12.6. The van der Waals surface area contributed by atoms with Gasteiger partial charge in [-0.2, -0.15) is 0 Å². The molecule has 74 heavy (non-hydrogen) atoms. The Balaban J connectivity index is 4.75. The van der Waals surface area contributed by atoms with Crippen molar-refractivity contribution in [2.45, 2.75) is 277 Å². The molecule has 0 aliphatic carbocycles. The van der Waals surface area contributed by atoms with Crippen LogP contribution in [0.15, 0.2) is 72.9 Å². The molecule has 0 heterocycles. The zero-order chi connectivity index (χ0) is 54.1. The first-order valence-electron chi connectivity index (χ1n) is 29.8. The normalized spacial score (nSPS) is 13.9. The van der Waals surface area contributed by atoms with Crippen LogP contribution in [0.5, 0.6) is 0 Å². The van der Waals surface area contributed by atoms with Crippen LogP contribution in [0.1, 0.15) is 265 Å². The number of phosphoric acid groups is 1. The third-order valence-corrected chi connectivity index (χ3v) is 13.5. The van der Waals surface area contributed by atoms with Crippen molar-refractivity contribution in [2.24, 2.45) is 0 Å². The summed E-state index contributed by atoms with van der Waals surface area (Å²) in [5, 5.41) is 9.82. The van der Waals surface area contributed by atoms with Gasteiger partial charge in [-0.1, -0.05) is 209 Å². The maximum Gasteiger partial charge on any atom is 0.472 e. The van der Waals surface area contributed by atoms with Gasteiger partial charge in [0, 0.05) is 19.3 Å². The molecule has 2 N–H and O–H groups in total. The Morgan fingerprint density at radius 3 is 1.12 bits per heavy atom. The van der Waals surface area contributed by atoms with E-state index in [-0.39, 0.29) is 25.9 Å². The number of esters is 3. The van der Waals surface area contributed by atoms with Crippen LogP contribution < -0.4 is 0 Å². The minimum Gasteiger partial charge on any atom is -0.462 e. The summed E-state index contributed by atoms with van der Waals surface area (Å²) in [4.78, 5) is 48.6. The number of hydrogen-bond acceptors (Lipinski definition) is 10. The summed E-state index contributed by atoms with van der Waals surface area (Å²) in [5.41, 5.74) is 0. The standard InChI is InChI=1S/C62H109O11P/c1-4-7-10-13-16-19-22-25-28-29-32-35-38-41-44-47-50-53-62(66)73-59(55-69-60(64)51-48-45-42-39-36-33-30-26-23-20-17-14-11-8-5-2)57-71-74(67,68)70-56-58(54-63)72-61(65)52-49-46-43-40-37-34-31-27-24-21-18-15-12-9-6-3/h7,10,16,18-19,21,25-28,30-31,58-59,63H,4-6,8-9,11-15,17,20,22-24,29,32-57H2,1-3H3,(H,67,68)/b10-7-,19-16-,21-18-,28-25-,30-26-,31-27-. The molecule has 0 saturated carbocycles. The molecule has 0 aliphatic heterocycles. The Hall–Kier alpha value is -3.08. The number of ether oxygens (including phenoxy) is 3. The average Bonchev–Trinajstić information content (AvgIpc) is 3.39. The van der Waals surface area contributed by atoms with Gasteiger partial charge in [0.2, 0.25) is 0 Å². The van der Waals surface area contributed by atoms with E-state index in [1.807, 2.05) is 0 Å². The fraction of sp³-hybridized carbons (Fsp3) is 0.758. The van der Waals surface area contributed by atoms with Gasteiger partial charge in [-0.15, -0.1) is 0 Å². The number of aliphatic hydroxyl groups is 1. The van der Waals surface area contributed by atoms with E-state index in [1.165, 1.54) is 64.2 Å². The van der Waals surface area contributed by atoms with E-state index in [1.54, 1.807) is 0 Å². The van der Waals surface area contributed by atoms with Crippen LogP contribution in [0, 0.1) is 0 Å². The number of carbonyl (C=O) groups excluding carboxylic acids is 3. The summed E-state index contributed by atoms with van der Waals surface area (Å²) in [6, 6.07) is 0. The molecule has 0 fully saturated rings. The summed E-state index contributed by atoms with van der Waals surface area (Å²) >= 11 is 0. The summed E-state index contributed by atoms with van der Waals surface area (Å²) < 4.78 is 39.6. The second kappa shape index (κ2) is 56.1. The zero-order valence-electron chi connectivity index (χ0n) is 47.3. The van der Waals surface area contributed by atoms with E-state index in [0.29, 0.717) is 19.3 Å². The predicted octanol–water partition coefficient (Wildman–Crippen LogP) is 17.7. The van der Waals surface area contributed by atoms with Crippen LogP contribution in [-0.4, -0.2) is 66.5 Å². The number of carbonyl (C=O) groups is 3. The molecule has 0 aliphatic rings. The summed E-state index contributed by atoms with van der Waals surface area (Å²) in [7, 11) is -4.76. The van der Waals surface area contributed by atoms with Crippen molar-refractivity contribution in [1.29, 1.82) is 0 Å². The molecule has 428 valence electrons. The van der Waals surface area contributed by atoms with Gasteiger partial charge >= 0.3 is 25.7 Å². The van der Waals surface area contributed by atoms with Gasteiger partial charge < -0.3 is 24.2 Å². The first-order valence-corrected chi connectivity index (χ1v) is 31.3. The lowest BCUT2D eigenvalue weighted by Crippen LogP contribution is -2.30. The van der Waals surface area contributed by atoms with E-state index in [2.05, 4.69) is 93.7 Å². The summed E-state index contributed by atoms with van der Waals surface area (Å²) in [6.45, 7) is 4.49. The van der Waals surface area contributed by atoms with E-state index < -0.39 is 57.8 Å². The second-order valence-electron chi connectivity index (χ2n) is 19.8. The van der Waals surface area contributed by atoms with Gasteiger partial charge in [0.1, 0.15) is 12.7 Å². The van der Waals surface area contributed by atoms with Gasteiger partial charge in [-0.25, -0.2) is 4.57 Å². The molecule has 0 aromatic carbocycles. The molecular formula is C62H109O11P. The van der Waals surface area contributed by atoms with Gasteiger partial charge in [-0.05, 0) is 109 Å². The number of rotatable bonds is 55. The number of phosphoric ester groups is 1. The van der Waals surface area contributed by atoms with Gasteiger partial charge in [0.25, 0.3) is 0 Å². The molecule has 0 spiro atoms. The molecule has 0 radical (unpaired) electrons. The highest BCUT2D eigenvalue weighted by molar-refractivity contribution is 7.47. The SMILES string of the molecule is CC/C=C\C/C=C\C/C=C\CCCCCCCCCC(=O)OC(COC(=O)CCCCCCC/C=C\CCCCCCCC)COP(=O)(O)OCC(CO)OC(=O)CCCCCCC/C=C\C/C=C\CCCCC. The largest absolute Gasteiger partial charge is 0.472 e. The van der Waals surface area contributed by atoms with Crippen molar-refractivity contribution in [3.8, 4) is 0 Å². The van der Waals surface area contributed by atoms with Crippen molar-refractivity contribution in [3.63, 3.8) is 0 Å². The van der Waals surface area contributed by atoms with Gasteiger partial charge in [-0.3, -0.25) is 23.4 Å². The zero-order valence-corrected chi connectivity index (χ0v) is 48.2. The van der Waals surface area contributed by atoms with Crippen LogP contribution >= 0.6 is 7.82 Å². The Labute approximate surface area is 452 Å². The Bertz CT molecular complexity index is 1520. The number of allylic oxidation sites excluding steroid dienone is 12. The van der Waals surface area contributed by atoms with Gasteiger partial charge in [0.15, 0.2) is 6.10 Å². The smallest absolute Gasteiger partial charge is 0.462 e. The lowest BCUT2D eigenvalue weighted by Gasteiger charge is -2.21. The number of unbranched alkanes of at least 4 members (excludes halogenated alkanes) is 26. The quantitative estimate of drug-likeness (QED) is 0.0197. The van der Waals surface area contributed by atoms with Crippen LogP contribution in [0.3, 0.4) is 0 Å². The van der Waals surface area contributed by atoms with Crippen LogP contribution in [0.4, 0.5) is 0 Å². The van der Waals surface area contributed by atoms with Crippen molar-refractivity contribution in [1.82, 2.24) is 0 Å². The van der Waals surface area contributed by atoms with Crippen LogP contribution in [0.2, 0.25) is 0 Å². The molecule has 0 bridgehead atoms. The van der Waals surface area contributed by atoms with E-state index in [9.17, 15) is 28.9 Å².